The van der Waals surface area contributed by atoms with Gasteiger partial charge in [0.05, 0.1) is 32.4 Å². The van der Waals surface area contributed by atoms with E-state index in [1.54, 1.807) is 17.6 Å². The van der Waals surface area contributed by atoms with Gasteiger partial charge in [-0.2, -0.15) is 4.58 Å². The van der Waals surface area contributed by atoms with Crippen LogP contribution in [0.5, 0.6) is 0 Å². The van der Waals surface area contributed by atoms with Crippen LogP contribution in [0, 0.1) is 0 Å². The van der Waals surface area contributed by atoms with Crippen molar-refractivity contribution >= 4 is 58.5 Å². The van der Waals surface area contributed by atoms with Crippen LogP contribution in [0.1, 0.15) is 57.9 Å². The predicted molar refractivity (Wildman–Crippen MR) is 137 cm³/mol. The van der Waals surface area contributed by atoms with Crippen molar-refractivity contribution in [3.8, 4) is 0 Å². The first-order chi connectivity index (χ1) is 17.9. The van der Waals surface area contributed by atoms with E-state index < -0.39 is 51.3 Å². The number of benzene rings is 2. The Kier molecular flexibility index (Phi) is 13.7. The molecule has 0 fully saturated rings. The first-order valence-electron chi connectivity index (χ1n) is 12.0. The second-order valence-electron chi connectivity index (χ2n) is 9.71. The quantitative estimate of drug-likeness (QED) is 0.0715. The van der Waals surface area contributed by atoms with Crippen LogP contribution in [0.25, 0.3) is 10.8 Å². The number of ether oxygens (including phenoxy) is 1. The Morgan fingerprint density at radius 2 is 1.54 bits per heavy atom. The average Bonchev–Trinajstić information content (AvgIpc) is 3.03. The Hall–Kier alpha value is -0.430. The molecule has 1 atom stereocenters. The van der Waals surface area contributed by atoms with E-state index in [9.17, 15) is 43.7 Å². The fraction of sp³-hybridized carbons (Fsp3) is 0.500. The molecule has 0 amide bonds. The van der Waals surface area contributed by atoms with Crippen molar-refractivity contribution < 1.29 is 112 Å². The summed E-state index contributed by atoms with van der Waals surface area (Å²) in [6, 6.07) is 4.51. The fourth-order valence-corrected chi connectivity index (χ4v) is 7.00. The average molecular weight is 650 g/mol. The number of hydrogen-bond acceptors (Lipinski definition) is 11. The Labute approximate surface area is 284 Å². The van der Waals surface area contributed by atoms with Gasteiger partial charge in [-0.3, -0.25) is 4.79 Å². The van der Waals surface area contributed by atoms with E-state index >= 15 is 0 Å². The van der Waals surface area contributed by atoms with Gasteiger partial charge in [-0.15, -0.1) is 0 Å². The number of unbranched alkanes of at least 4 members (excludes halogenated alkanes) is 2. The molecule has 0 bridgehead atoms. The van der Waals surface area contributed by atoms with Gasteiger partial charge in [0, 0.05) is 42.5 Å². The predicted octanol–water partition coefficient (Wildman–Crippen LogP) is -3.91. The molecule has 216 valence electrons. The monoisotopic (exact) mass is 649 g/mol. The maximum atomic E-state index is 12.1. The van der Waals surface area contributed by atoms with E-state index in [-0.39, 0.29) is 95.2 Å². The van der Waals surface area contributed by atoms with Crippen LogP contribution >= 0.6 is 0 Å². The zero-order valence-corrected chi connectivity index (χ0v) is 30.1. The third-order valence-corrected chi connectivity index (χ3v) is 9.69. The molecule has 1 aliphatic rings. The number of carbonyl (C=O) groups is 1. The van der Waals surface area contributed by atoms with Crippen LogP contribution in [0.15, 0.2) is 34.1 Å². The molecule has 3 rings (SSSR count). The minimum Gasteiger partial charge on any atom is -0.748 e. The molecule has 2 aromatic carbocycles. The zero-order chi connectivity index (χ0) is 29.4. The Balaban J connectivity index is 0.00000420. The van der Waals surface area contributed by atoms with E-state index in [0.717, 1.165) is 11.8 Å². The van der Waals surface area contributed by atoms with E-state index in [1.807, 2.05) is 6.92 Å². The maximum Gasteiger partial charge on any atom is 1.00 e. The van der Waals surface area contributed by atoms with Gasteiger partial charge in [0.2, 0.25) is 5.69 Å². The van der Waals surface area contributed by atoms with Crippen molar-refractivity contribution in [1.82, 2.24) is 0 Å². The summed E-state index contributed by atoms with van der Waals surface area (Å²) >= 11 is 0. The van der Waals surface area contributed by atoms with Crippen molar-refractivity contribution in [2.24, 2.45) is 0 Å². The number of hydrogen-bond donors (Lipinski definition) is 0. The van der Waals surface area contributed by atoms with Gasteiger partial charge in [0.1, 0.15) is 26.8 Å². The standard InChI is InChI=1S/C24H31NO11S3.2Na/c1-16-24(2,11-6-4-5-8-22(26)36-3)23-19-14-17(38(30,31)32)15-21(39(33,34)35)18(19)9-10-20(23)25(16)12-7-13-37(27,28)29;;/h9-10,14-15H,4-8,11-13H2,1-3H3,(H2-,27,28,29,30,31,32,33,34,35);;/q;2*+1/p-2. The molecule has 1 aliphatic heterocycles. The molecule has 0 spiro atoms. The summed E-state index contributed by atoms with van der Waals surface area (Å²) in [5.41, 5.74) is 0.857. The summed E-state index contributed by atoms with van der Waals surface area (Å²) in [4.78, 5) is 9.74. The van der Waals surface area contributed by atoms with Crippen molar-refractivity contribution in [2.45, 2.75) is 67.6 Å². The summed E-state index contributed by atoms with van der Waals surface area (Å²) in [5.74, 6) is -0.959. The number of nitrogens with zero attached hydrogens (tertiary/aromatic N) is 1. The van der Waals surface area contributed by atoms with Crippen LogP contribution in [-0.4, -0.2) is 74.6 Å². The van der Waals surface area contributed by atoms with E-state index in [4.69, 9.17) is 0 Å². The van der Waals surface area contributed by atoms with Gasteiger partial charge in [0.15, 0.2) is 5.71 Å². The van der Waals surface area contributed by atoms with E-state index in [0.29, 0.717) is 43.0 Å². The third-order valence-electron chi connectivity index (χ3n) is 7.21. The van der Waals surface area contributed by atoms with Crippen LogP contribution in [0.3, 0.4) is 0 Å². The molecule has 0 saturated carbocycles. The van der Waals surface area contributed by atoms with Gasteiger partial charge in [-0.05, 0) is 43.4 Å². The molecule has 1 unspecified atom stereocenters. The SMILES string of the molecule is COC(=O)CCCCCC1(C)C(C)=[N+](CCCS(=O)(=O)[O-])c2ccc3c(S(=O)(=O)[O-])cc(S(=O)(=O)[O-])cc3c21.[Na+].[Na+]. The molecule has 0 aromatic heterocycles. The number of fused-ring (bicyclic) bond motifs is 3. The second kappa shape index (κ2) is 14.6. The minimum absolute atomic E-state index is 0. The smallest absolute Gasteiger partial charge is 0.748 e. The van der Waals surface area contributed by atoms with Crippen LogP contribution < -0.4 is 59.1 Å². The summed E-state index contributed by atoms with van der Waals surface area (Å²) < 4.78 is 112. The van der Waals surface area contributed by atoms with Crippen LogP contribution in [-0.2, 0) is 45.3 Å². The molecule has 1 heterocycles. The topological polar surface area (TPSA) is 201 Å². The molecule has 0 saturated heterocycles. The molecule has 17 heteroatoms. The number of esters is 1. The second-order valence-corrected chi connectivity index (χ2v) is 14.0. The van der Waals surface area contributed by atoms with Crippen molar-refractivity contribution in [3.63, 3.8) is 0 Å². The molecule has 0 radical (unpaired) electrons. The van der Waals surface area contributed by atoms with Gasteiger partial charge >= 0.3 is 65.1 Å². The summed E-state index contributed by atoms with van der Waals surface area (Å²) in [6.07, 6.45) is 2.44. The van der Waals surface area contributed by atoms with Gasteiger partial charge in [-0.1, -0.05) is 12.8 Å². The summed E-state index contributed by atoms with van der Waals surface area (Å²) in [7, 11) is -13.5. The first-order valence-corrected chi connectivity index (χ1v) is 16.4. The molecule has 0 aliphatic carbocycles. The fourth-order valence-electron chi connectivity index (χ4n) is 5.20. The van der Waals surface area contributed by atoms with Gasteiger partial charge in [0.25, 0.3) is 0 Å². The number of methoxy groups -OCH3 is 1. The van der Waals surface area contributed by atoms with Crippen LogP contribution in [0.2, 0.25) is 0 Å². The molecular weight excluding hydrogens is 620 g/mol. The Bertz CT molecular complexity index is 1670. The van der Waals surface area contributed by atoms with Crippen molar-refractivity contribution in [2.75, 3.05) is 19.4 Å². The van der Waals surface area contributed by atoms with Gasteiger partial charge in [-0.25, -0.2) is 25.3 Å². The molecular formula is C24H29NNa2O11S3. The Morgan fingerprint density at radius 1 is 0.902 bits per heavy atom. The van der Waals surface area contributed by atoms with Crippen LogP contribution in [0.4, 0.5) is 5.69 Å². The van der Waals surface area contributed by atoms with Crippen molar-refractivity contribution in [1.29, 1.82) is 0 Å². The van der Waals surface area contributed by atoms with E-state index in [2.05, 4.69) is 4.74 Å². The summed E-state index contributed by atoms with van der Waals surface area (Å²) in [5, 5.41) is 0.0408. The van der Waals surface area contributed by atoms with E-state index in [1.165, 1.54) is 13.2 Å². The summed E-state index contributed by atoms with van der Waals surface area (Å²) in [6.45, 7) is 3.75. The molecule has 12 nitrogen and oxygen atoms in total. The van der Waals surface area contributed by atoms with Crippen molar-refractivity contribution in [3.05, 3.63) is 29.8 Å². The minimum atomic E-state index is -5.18. The first kappa shape index (κ1) is 38.6. The Morgan fingerprint density at radius 3 is 2.07 bits per heavy atom. The molecule has 0 N–H and O–H groups in total. The zero-order valence-electron chi connectivity index (χ0n) is 23.6. The largest absolute Gasteiger partial charge is 1.00 e. The number of rotatable bonds is 12. The number of carbonyl (C=O) groups excluding carboxylic acids is 1. The maximum absolute atomic E-state index is 12.1. The molecule has 41 heavy (non-hydrogen) atoms. The van der Waals surface area contributed by atoms with Gasteiger partial charge < -0.3 is 18.4 Å². The third kappa shape index (κ3) is 9.05. The molecule has 2 aromatic rings. The normalized spacial score (nSPS) is 17.1.